The van der Waals surface area contributed by atoms with Gasteiger partial charge in [-0.3, -0.25) is 19.7 Å². The molecule has 3 rings (SSSR count). The zero-order chi connectivity index (χ0) is 19.2. The van der Waals surface area contributed by atoms with E-state index in [1.807, 2.05) is 6.07 Å². The van der Waals surface area contributed by atoms with Gasteiger partial charge in [-0.15, -0.1) is 0 Å². The zero-order valence-corrected chi connectivity index (χ0v) is 15.5. The molecule has 0 radical (unpaired) electrons. The number of H-pyrrole nitrogens is 1. The highest BCUT2D eigenvalue weighted by atomic mass is 35.5. The Morgan fingerprint density at radius 1 is 1.15 bits per heavy atom. The van der Waals surface area contributed by atoms with Crippen LogP contribution in [0.5, 0.6) is 0 Å². The van der Waals surface area contributed by atoms with Crippen molar-refractivity contribution in [3.05, 3.63) is 74.1 Å². The van der Waals surface area contributed by atoms with Crippen molar-refractivity contribution < 1.29 is 0 Å². The van der Waals surface area contributed by atoms with Crippen molar-refractivity contribution in [2.24, 2.45) is 0 Å². The van der Waals surface area contributed by atoms with Crippen LogP contribution < -0.4 is 16.2 Å². The summed E-state index contributed by atoms with van der Waals surface area (Å²) < 4.78 is 0. The molecule has 27 heavy (non-hydrogen) atoms. The molecule has 0 bridgehead atoms. The minimum Gasteiger partial charge on any atom is -0.373 e. The molecule has 2 aromatic heterocycles. The summed E-state index contributed by atoms with van der Waals surface area (Å²) in [5.41, 5.74) is 1.53. The third-order valence-corrected chi connectivity index (χ3v) is 4.33. The lowest BCUT2D eigenvalue weighted by Gasteiger charge is -2.11. The van der Waals surface area contributed by atoms with Crippen molar-refractivity contribution in [3.8, 4) is 0 Å². The van der Waals surface area contributed by atoms with Crippen LogP contribution in [0.1, 0.15) is 17.0 Å². The molecule has 0 saturated carbocycles. The molecule has 0 aliphatic heterocycles. The number of halogens is 2. The van der Waals surface area contributed by atoms with Crippen LogP contribution in [0.25, 0.3) is 0 Å². The Morgan fingerprint density at radius 3 is 2.70 bits per heavy atom. The van der Waals surface area contributed by atoms with Gasteiger partial charge in [0.1, 0.15) is 11.4 Å². The Kier molecular flexibility index (Phi) is 6.00. The van der Waals surface area contributed by atoms with Crippen LogP contribution in [0.2, 0.25) is 10.0 Å². The van der Waals surface area contributed by atoms with E-state index in [9.17, 15) is 4.79 Å². The molecule has 10 heteroatoms. The maximum atomic E-state index is 12.4. The highest BCUT2D eigenvalue weighted by Gasteiger charge is 2.10. The molecule has 0 atom stereocenters. The van der Waals surface area contributed by atoms with Crippen LogP contribution in [-0.4, -0.2) is 26.2 Å². The second kappa shape index (κ2) is 8.61. The molecule has 0 aliphatic carbocycles. The van der Waals surface area contributed by atoms with Crippen LogP contribution in [0, 0.1) is 5.41 Å². The van der Waals surface area contributed by atoms with Crippen molar-refractivity contribution in [1.29, 1.82) is 5.41 Å². The summed E-state index contributed by atoms with van der Waals surface area (Å²) in [7, 11) is 0. The largest absolute Gasteiger partial charge is 0.373 e. The standard InChI is InChI=1S/C17H15Cl2N7O/c18-12-2-1-10(5-13(12)19)7-24-17-25-14(6-20)15(16(27)26-17)23-9-11-8-21-3-4-22-11/h1-6,8,20,23H,7,9H2,(H2,24,25,26,27). The van der Waals surface area contributed by atoms with Crippen LogP contribution in [-0.2, 0) is 13.1 Å². The van der Waals surface area contributed by atoms with E-state index in [0.29, 0.717) is 22.3 Å². The number of nitrogens with one attached hydrogen (secondary N) is 4. The number of nitrogens with zero attached hydrogens (tertiary/aromatic N) is 3. The van der Waals surface area contributed by atoms with Crippen molar-refractivity contribution in [2.45, 2.75) is 13.1 Å². The Morgan fingerprint density at radius 2 is 2.00 bits per heavy atom. The lowest BCUT2D eigenvalue weighted by Crippen LogP contribution is -2.21. The maximum Gasteiger partial charge on any atom is 0.276 e. The SMILES string of the molecule is N=Cc1nc(NCc2ccc(Cl)c(Cl)c2)[nH]c(=O)c1NCc1cnccn1. The maximum absolute atomic E-state index is 12.4. The number of rotatable bonds is 7. The molecule has 0 amide bonds. The van der Waals surface area contributed by atoms with E-state index in [2.05, 4.69) is 30.6 Å². The molecule has 0 spiro atoms. The third-order valence-electron chi connectivity index (χ3n) is 3.59. The number of anilines is 2. The third kappa shape index (κ3) is 4.81. The summed E-state index contributed by atoms with van der Waals surface area (Å²) in [4.78, 5) is 27.4. The van der Waals surface area contributed by atoms with Gasteiger partial charge in [0.2, 0.25) is 5.95 Å². The fourth-order valence-corrected chi connectivity index (χ4v) is 2.61. The van der Waals surface area contributed by atoms with Crippen LogP contribution in [0.15, 0.2) is 41.6 Å². The Labute approximate surface area is 164 Å². The van der Waals surface area contributed by atoms with E-state index in [0.717, 1.165) is 11.8 Å². The summed E-state index contributed by atoms with van der Waals surface area (Å²) in [6, 6.07) is 5.23. The van der Waals surface area contributed by atoms with E-state index >= 15 is 0 Å². The van der Waals surface area contributed by atoms with Gasteiger partial charge in [0.25, 0.3) is 5.56 Å². The number of aromatic nitrogens is 4. The number of hydrogen-bond donors (Lipinski definition) is 4. The summed E-state index contributed by atoms with van der Waals surface area (Å²) in [6.45, 7) is 0.666. The molecule has 138 valence electrons. The molecular formula is C17H15Cl2N7O. The summed E-state index contributed by atoms with van der Waals surface area (Å²) >= 11 is 11.9. The van der Waals surface area contributed by atoms with E-state index in [4.69, 9.17) is 28.6 Å². The van der Waals surface area contributed by atoms with Crippen molar-refractivity contribution >= 4 is 41.1 Å². The predicted octanol–water partition coefficient (Wildman–Crippen LogP) is 3.09. The summed E-state index contributed by atoms with van der Waals surface area (Å²) in [6.07, 6.45) is 5.73. The van der Waals surface area contributed by atoms with Crippen molar-refractivity contribution in [1.82, 2.24) is 19.9 Å². The van der Waals surface area contributed by atoms with Gasteiger partial charge in [0.05, 0.1) is 28.5 Å². The lowest BCUT2D eigenvalue weighted by atomic mass is 10.2. The van der Waals surface area contributed by atoms with Crippen LogP contribution in [0.4, 0.5) is 11.6 Å². The zero-order valence-electron chi connectivity index (χ0n) is 14.0. The average Bonchev–Trinajstić information content (AvgIpc) is 2.68. The molecule has 4 N–H and O–H groups in total. The predicted molar refractivity (Wildman–Crippen MR) is 106 cm³/mol. The first kappa shape index (κ1) is 18.8. The number of hydrogen-bond acceptors (Lipinski definition) is 7. The Balaban J connectivity index is 1.74. The van der Waals surface area contributed by atoms with Crippen LogP contribution in [0.3, 0.4) is 0 Å². The monoisotopic (exact) mass is 403 g/mol. The van der Waals surface area contributed by atoms with Gasteiger partial charge in [-0.05, 0) is 17.7 Å². The van der Waals surface area contributed by atoms with E-state index < -0.39 is 5.56 Å². The second-order valence-electron chi connectivity index (χ2n) is 5.47. The minimum atomic E-state index is -0.399. The van der Waals surface area contributed by atoms with Gasteiger partial charge in [-0.25, -0.2) is 4.98 Å². The van der Waals surface area contributed by atoms with E-state index in [1.165, 1.54) is 0 Å². The fourth-order valence-electron chi connectivity index (χ4n) is 2.29. The van der Waals surface area contributed by atoms with Gasteiger partial charge in [-0.1, -0.05) is 29.3 Å². The Bertz CT molecular complexity index is 1010. The molecule has 0 unspecified atom stereocenters. The van der Waals surface area contributed by atoms with Gasteiger partial charge >= 0.3 is 0 Å². The number of aromatic amines is 1. The lowest BCUT2D eigenvalue weighted by molar-refractivity contribution is 0.983. The van der Waals surface area contributed by atoms with Crippen molar-refractivity contribution in [2.75, 3.05) is 10.6 Å². The smallest absolute Gasteiger partial charge is 0.276 e. The first-order valence-corrected chi connectivity index (χ1v) is 8.64. The topological polar surface area (TPSA) is 119 Å². The van der Waals surface area contributed by atoms with E-state index in [-0.39, 0.29) is 23.9 Å². The quantitative estimate of drug-likeness (QED) is 0.450. The molecule has 2 heterocycles. The first-order chi connectivity index (χ1) is 13.1. The molecule has 0 fully saturated rings. The minimum absolute atomic E-state index is 0.191. The van der Waals surface area contributed by atoms with Crippen LogP contribution >= 0.6 is 23.2 Å². The average molecular weight is 404 g/mol. The molecule has 0 aliphatic rings. The van der Waals surface area contributed by atoms with Gasteiger partial charge < -0.3 is 16.0 Å². The van der Waals surface area contributed by atoms with Crippen molar-refractivity contribution in [3.63, 3.8) is 0 Å². The summed E-state index contributed by atoms with van der Waals surface area (Å²) in [5, 5.41) is 14.4. The highest BCUT2D eigenvalue weighted by Crippen LogP contribution is 2.22. The van der Waals surface area contributed by atoms with E-state index in [1.54, 1.807) is 30.7 Å². The fraction of sp³-hybridized carbons (Fsp3) is 0.118. The summed E-state index contributed by atoms with van der Waals surface area (Å²) in [5.74, 6) is 0.245. The molecule has 3 aromatic rings. The molecule has 8 nitrogen and oxygen atoms in total. The number of benzene rings is 1. The normalized spacial score (nSPS) is 10.4. The molecule has 0 saturated heterocycles. The molecule has 1 aromatic carbocycles. The van der Waals surface area contributed by atoms with Gasteiger partial charge in [0.15, 0.2) is 0 Å². The van der Waals surface area contributed by atoms with Gasteiger partial charge in [-0.2, -0.15) is 0 Å². The highest BCUT2D eigenvalue weighted by molar-refractivity contribution is 6.42. The van der Waals surface area contributed by atoms with Gasteiger partial charge in [0, 0.05) is 25.2 Å². The first-order valence-electron chi connectivity index (χ1n) is 7.88. The second-order valence-corrected chi connectivity index (χ2v) is 6.29. The molecular weight excluding hydrogens is 389 g/mol. The Hall–Kier alpha value is -2.97.